The minimum Gasteiger partial charge on any atom is -0.399 e. The van der Waals surface area contributed by atoms with Crippen molar-refractivity contribution in [3.8, 4) is 0 Å². The van der Waals surface area contributed by atoms with Gasteiger partial charge < -0.3 is 33.6 Å². The summed E-state index contributed by atoms with van der Waals surface area (Å²) in [5.74, 6) is -0.434. The second-order valence-corrected chi connectivity index (χ2v) is 7.33. The first-order valence-electron chi connectivity index (χ1n) is 10.4. The van der Waals surface area contributed by atoms with E-state index in [1.807, 2.05) is 18.2 Å². The van der Waals surface area contributed by atoms with Crippen LogP contribution < -0.4 is 33.6 Å². The Kier molecular flexibility index (Phi) is 7.70. The number of carbonyl (C=O) groups is 2. The Balaban J connectivity index is 0.000000191. The SMILES string of the molecule is Nc1ccc(NC(=O)c2ccc(N)cc2)cc1.Nc1cccc(C(=O)Nc2ccccc2)c1N. The molecule has 0 heterocycles. The fourth-order valence-electron chi connectivity index (χ4n) is 2.91. The van der Waals surface area contributed by atoms with E-state index in [-0.39, 0.29) is 11.8 Å². The van der Waals surface area contributed by atoms with Crippen LogP contribution in [0.25, 0.3) is 0 Å². The van der Waals surface area contributed by atoms with Gasteiger partial charge in [-0.15, -0.1) is 0 Å². The molecule has 0 saturated carbocycles. The van der Waals surface area contributed by atoms with Crippen LogP contribution in [-0.4, -0.2) is 11.8 Å². The lowest BCUT2D eigenvalue weighted by Gasteiger charge is -2.08. The molecule has 0 unspecified atom stereocenters. The summed E-state index contributed by atoms with van der Waals surface area (Å²) >= 11 is 0. The van der Waals surface area contributed by atoms with Gasteiger partial charge in [0.15, 0.2) is 0 Å². The van der Waals surface area contributed by atoms with Crippen molar-refractivity contribution < 1.29 is 9.59 Å². The summed E-state index contributed by atoms with van der Waals surface area (Å²) in [5.41, 5.74) is 26.9. The number of nitrogen functional groups attached to an aromatic ring is 4. The van der Waals surface area contributed by atoms with Crippen molar-refractivity contribution in [2.24, 2.45) is 0 Å². The van der Waals surface area contributed by atoms with Crippen LogP contribution in [0.1, 0.15) is 20.7 Å². The van der Waals surface area contributed by atoms with Gasteiger partial charge in [-0.1, -0.05) is 24.3 Å². The molecule has 10 N–H and O–H groups in total. The summed E-state index contributed by atoms with van der Waals surface area (Å²) < 4.78 is 0. The summed E-state index contributed by atoms with van der Waals surface area (Å²) in [6.07, 6.45) is 0. The van der Waals surface area contributed by atoms with E-state index in [0.29, 0.717) is 39.6 Å². The van der Waals surface area contributed by atoms with Crippen molar-refractivity contribution in [3.63, 3.8) is 0 Å². The average Bonchev–Trinajstić information content (AvgIpc) is 2.84. The van der Waals surface area contributed by atoms with E-state index in [0.717, 1.165) is 5.69 Å². The van der Waals surface area contributed by atoms with E-state index >= 15 is 0 Å². The van der Waals surface area contributed by atoms with Gasteiger partial charge >= 0.3 is 0 Å². The number of para-hydroxylation sites is 2. The summed E-state index contributed by atoms with van der Waals surface area (Å²) in [5, 5.41) is 5.52. The zero-order valence-electron chi connectivity index (χ0n) is 18.4. The molecule has 0 aliphatic heterocycles. The van der Waals surface area contributed by atoms with Crippen LogP contribution in [0.4, 0.5) is 34.1 Å². The smallest absolute Gasteiger partial charge is 0.257 e. The second-order valence-electron chi connectivity index (χ2n) is 7.33. The van der Waals surface area contributed by atoms with Crippen molar-refractivity contribution in [2.75, 3.05) is 33.6 Å². The standard InChI is InChI=1S/2C13H13N3O/c14-10-3-1-9(2-4-10)13(17)16-12-7-5-11(15)6-8-12;14-11-8-4-7-10(12(11)15)13(17)16-9-5-2-1-3-6-9/h2*1-8H,14-15H2,(H,16,17). The molecule has 0 radical (unpaired) electrons. The minimum absolute atomic E-state index is 0.172. The number of benzene rings is 4. The minimum atomic E-state index is -0.263. The molecule has 4 aromatic rings. The fourth-order valence-corrected chi connectivity index (χ4v) is 2.91. The molecule has 0 fully saturated rings. The third kappa shape index (κ3) is 6.51. The van der Waals surface area contributed by atoms with E-state index in [9.17, 15) is 9.59 Å². The number of nitrogens with two attached hydrogens (primary N) is 4. The highest BCUT2D eigenvalue weighted by molar-refractivity contribution is 6.09. The molecule has 2 amide bonds. The molecule has 0 aromatic heterocycles. The maximum Gasteiger partial charge on any atom is 0.257 e. The zero-order valence-corrected chi connectivity index (χ0v) is 18.4. The monoisotopic (exact) mass is 454 g/mol. The second kappa shape index (κ2) is 11.1. The van der Waals surface area contributed by atoms with Gasteiger partial charge in [-0.2, -0.15) is 0 Å². The maximum atomic E-state index is 11.9. The molecule has 0 aliphatic rings. The predicted octanol–water partition coefficient (Wildman–Crippen LogP) is 4.21. The lowest BCUT2D eigenvalue weighted by atomic mass is 10.1. The average molecular weight is 455 g/mol. The van der Waals surface area contributed by atoms with Crippen LogP contribution >= 0.6 is 0 Å². The van der Waals surface area contributed by atoms with Crippen LogP contribution in [0.2, 0.25) is 0 Å². The van der Waals surface area contributed by atoms with Crippen molar-refractivity contribution in [3.05, 3.63) is 108 Å². The maximum absolute atomic E-state index is 11.9. The first-order chi connectivity index (χ1) is 16.3. The molecule has 4 aromatic carbocycles. The highest BCUT2D eigenvalue weighted by Gasteiger charge is 2.11. The number of carbonyl (C=O) groups excluding carboxylic acids is 2. The van der Waals surface area contributed by atoms with Gasteiger partial charge in [0.05, 0.1) is 16.9 Å². The van der Waals surface area contributed by atoms with E-state index in [2.05, 4.69) is 10.6 Å². The highest BCUT2D eigenvalue weighted by Crippen LogP contribution is 2.20. The first-order valence-corrected chi connectivity index (χ1v) is 10.4. The number of hydrogen-bond acceptors (Lipinski definition) is 6. The lowest BCUT2D eigenvalue weighted by molar-refractivity contribution is 0.101. The van der Waals surface area contributed by atoms with Gasteiger partial charge in [-0.3, -0.25) is 9.59 Å². The molecular formula is C26H26N6O2. The van der Waals surface area contributed by atoms with Gasteiger partial charge in [0.2, 0.25) is 0 Å². The first kappa shape index (κ1) is 23.7. The van der Waals surface area contributed by atoms with Gasteiger partial charge in [0.1, 0.15) is 0 Å². The predicted molar refractivity (Wildman–Crippen MR) is 139 cm³/mol. The zero-order chi connectivity index (χ0) is 24.5. The molecule has 8 heteroatoms. The van der Waals surface area contributed by atoms with Crippen LogP contribution in [0.15, 0.2) is 97.1 Å². The molecule has 0 atom stereocenters. The van der Waals surface area contributed by atoms with Gasteiger partial charge in [0.25, 0.3) is 11.8 Å². The van der Waals surface area contributed by atoms with Crippen molar-refractivity contribution >= 4 is 45.9 Å². The highest BCUT2D eigenvalue weighted by atomic mass is 16.2. The molecule has 0 bridgehead atoms. The summed E-state index contributed by atoms with van der Waals surface area (Å²) in [6.45, 7) is 0. The molecule has 0 spiro atoms. The third-order valence-electron chi connectivity index (χ3n) is 4.76. The molecule has 8 nitrogen and oxygen atoms in total. The van der Waals surface area contributed by atoms with Gasteiger partial charge in [-0.05, 0) is 72.8 Å². The van der Waals surface area contributed by atoms with E-state index in [1.165, 1.54) is 0 Å². The summed E-state index contributed by atoms with van der Waals surface area (Å²) in [4.78, 5) is 23.8. The largest absolute Gasteiger partial charge is 0.399 e. The number of nitrogens with one attached hydrogen (secondary N) is 2. The van der Waals surface area contributed by atoms with Crippen LogP contribution in [0.5, 0.6) is 0 Å². The number of rotatable bonds is 4. The van der Waals surface area contributed by atoms with E-state index < -0.39 is 0 Å². The van der Waals surface area contributed by atoms with Crippen LogP contribution in [-0.2, 0) is 0 Å². The molecule has 4 rings (SSSR count). The van der Waals surface area contributed by atoms with Crippen molar-refractivity contribution in [1.82, 2.24) is 0 Å². The quantitative estimate of drug-likeness (QED) is 0.253. The summed E-state index contributed by atoms with van der Waals surface area (Å²) in [7, 11) is 0. The molecular weight excluding hydrogens is 428 g/mol. The molecule has 0 saturated heterocycles. The van der Waals surface area contributed by atoms with Crippen molar-refractivity contribution in [2.45, 2.75) is 0 Å². The Labute approximate surface area is 197 Å². The van der Waals surface area contributed by atoms with Gasteiger partial charge in [0, 0.05) is 28.3 Å². The normalized spacial score (nSPS) is 9.88. The Morgan fingerprint density at radius 3 is 1.68 bits per heavy atom. The number of amides is 2. The lowest BCUT2D eigenvalue weighted by Crippen LogP contribution is -2.14. The molecule has 172 valence electrons. The third-order valence-corrected chi connectivity index (χ3v) is 4.76. The molecule has 0 aliphatic carbocycles. The number of anilines is 6. The Morgan fingerprint density at radius 1 is 0.529 bits per heavy atom. The molecule has 34 heavy (non-hydrogen) atoms. The number of hydrogen-bond donors (Lipinski definition) is 6. The Morgan fingerprint density at radius 2 is 1.06 bits per heavy atom. The Bertz CT molecular complexity index is 1260. The summed E-state index contributed by atoms with van der Waals surface area (Å²) in [6, 6.07) is 27.9. The topological polar surface area (TPSA) is 162 Å². The van der Waals surface area contributed by atoms with E-state index in [1.54, 1.807) is 78.9 Å². The van der Waals surface area contributed by atoms with Crippen LogP contribution in [0, 0.1) is 0 Å². The van der Waals surface area contributed by atoms with E-state index in [4.69, 9.17) is 22.9 Å². The Hall–Kier alpha value is -4.98. The van der Waals surface area contributed by atoms with Crippen molar-refractivity contribution in [1.29, 1.82) is 0 Å². The van der Waals surface area contributed by atoms with Crippen LogP contribution in [0.3, 0.4) is 0 Å². The van der Waals surface area contributed by atoms with Gasteiger partial charge in [-0.25, -0.2) is 0 Å². The fraction of sp³-hybridized carbons (Fsp3) is 0.